The first-order valence-electron chi connectivity index (χ1n) is 7.26. The van der Waals surface area contributed by atoms with Crippen LogP contribution < -0.4 is 15.4 Å². The van der Waals surface area contributed by atoms with E-state index in [9.17, 15) is 9.90 Å². The largest absolute Gasteiger partial charge is 0.504 e. The fraction of sp³-hybridized carbons (Fsp3) is 0.235. The summed E-state index contributed by atoms with van der Waals surface area (Å²) in [5.41, 5.74) is 1.88. The average molecular weight is 333 g/mol. The number of amides is 2. The van der Waals surface area contributed by atoms with Gasteiger partial charge in [-0.2, -0.15) is 0 Å². The molecule has 0 aromatic heterocycles. The highest BCUT2D eigenvalue weighted by molar-refractivity contribution is 6.30. The minimum Gasteiger partial charge on any atom is -0.504 e. The lowest BCUT2D eigenvalue weighted by Crippen LogP contribution is -2.46. The second-order valence-corrected chi connectivity index (χ2v) is 5.88. The number of hydrogen-bond acceptors (Lipinski definition) is 3. The lowest BCUT2D eigenvalue weighted by atomic mass is 9.93. The van der Waals surface area contributed by atoms with Crippen LogP contribution in [0.2, 0.25) is 5.02 Å². The highest BCUT2D eigenvalue weighted by atomic mass is 35.5. The van der Waals surface area contributed by atoms with Crippen molar-refractivity contribution in [1.29, 1.82) is 0 Å². The number of carbonyl (C=O) groups is 1. The fourth-order valence-corrected chi connectivity index (χ4v) is 2.88. The van der Waals surface area contributed by atoms with Crippen LogP contribution in [0, 0.1) is 0 Å². The molecule has 1 fully saturated rings. The molecule has 0 bridgehead atoms. The normalized spacial score (nSPS) is 20.5. The Morgan fingerprint density at radius 3 is 2.35 bits per heavy atom. The van der Waals surface area contributed by atoms with E-state index in [1.54, 1.807) is 18.2 Å². The van der Waals surface area contributed by atoms with Gasteiger partial charge in [-0.25, -0.2) is 4.79 Å². The average Bonchev–Trinajstić information content (AvgIpc) is 2.55. The molecule has 5 nitrogen and oxygen atoms in total. The number of hydrogen-bond donors (Lipinski definition) is 3. The van der Waals surface area contributed by atoms with E-state index in [0.717, 1.165) is 11.1 Å². The van der Waals surface area contributed by atoms with Gasteiger partial charge in [-0.05, 0) is 41.8 Å². The lowest BCUT2D eigenvalue weighted by molar-refractivity contribution is 0.219. The van der Waals surface area contributed by atoms with E-state index >= 15 is 0 Å². The summed E-state index contributed by atoms with van der Waals surface area (Å²) < 4.78 is 5.13. The molecule has 0 radical (unpaired) electrons. The molecule has 1 saturated heterocycles. The van der Waals surface area contributed by atoms with Gasteiger partial charge in [0.15, 0.2) is 11.5 Å². The third kappa shape index (κ3) is 3.35. The van der Waals surface area contributed by atoms with Crippen molar-refractivity contribution < 1.29 is 14.6 Å². The van der Waals surface area contributed by atoms with Gasteiger partial charge in [0.05, 0.1) is 19.2 Å². The topological polar surface area (TPSA) is 70.6 Å². The highest BCUT2D eigenvalue weighted by Crippen LogP contribution is 2.34. The van der Waals surface area contributed by atoms with Crippen molar-refractivity contribution in [3.8, 4) is 11.5 Å². The van der Waals surface area contributed by atoms with Crippen LogP contribution in [0.4, 0.5) is 4.79 Å². The van der Waals surface area contributed by atoms with E-state index in [-0.39, 0.29) is 23.9 Å². The maximum absolute atomic E-state index is 12.0. The van der Waals surface area contributed by atoms with E-state index < -0.39 is 0 Å². The van der Waals surface area contributed by atoms with E-state index in [2.05, 4.69) is 10.6 Å². The first kappa shape index (κ1) is 15.5. The predicted molar refractivity (Wildman–Crippen MR) is 87.9 cm³/mol. The predicted octanol–water partition coefficient (Wildman–Crippen LogP) is 3.54. The van der Waals surface area contributed by atoms with Crippen molar-refractivity contribution in [1.82, 2.24) is 10.6 Å². The molecule has 0 saturated carbocycles. The maximum Gasteiger partial charge on any atom is 0.315 e. The second kappa shape index (κ2) is 6.38. The number of halogens is 1. The Balaban J connectivity index is 1.85. The number of urea groups is 1. The van der Waals surface area contributed by atoms with Gasteiger partial charge >= 0.3 is 6.03 Å². The molecule has 1 aliphatic rings. The zero-order valence-corrected chi connectivity index (χ0v) is 13.3. The Morgan fingerprint density at radius 2 is 1.70 bits per heavy atom. The first-order chi connectivity index (χ1) is 11.1. The van der Waals surface area contributed by atoms with Gasteiger partial charge in [0.25, 0.3) is 0 Å². The molecule has 1 aliphatic heterocycles. The summed E-state index contributed by atoms with van der Waals surface area (Å²) in [5.74, 6) is 0.462. The van der Waals surface area contributed by atoms with E-state index in [4.69, 9.17) is 16.3 Å². The highest BCUT2D eigenvalue weighted by Gasteiger charge is 2.28. The summed E-state index contributed by atoms with van der Waals surface area (Å²) in [6.45, 7) is 0. The molecule has 2 aromatic rings. The Kier molecular flexibility index (Phi) is 4.30. The second-order valence-electron chi connectivity index (χ2n) is 5.44. The molecule has 6 heteroatoms. The molecule has 3 rings (SSSR count). The molecule has 120 valence electrons. The van der Waals surface area contributed by atoms with Gasteiger partial charge in [-0.3, -0.25) is 0 Å². The summed E-state index contributed by atoms with van der Waals surface area (Å²) in [6.07, 6.45) is 0.682. The summed E-state index contributed by atoms with van der Waals surface area (Å²) in [5, 5.41) is 16.2. The number of methoxy groups -OCH3 is 1. The van der Waals surface area contributed by atoms with Crippen molar-refractivity contribution in [2.24, 2.45) is 0 Å². The molecule has 2 aromatic carbocycles. The molecule has 23 heavy (non-hydrogen) atoms. The zero-order chi connectivity index (χ0) is 16.4. The van der Waals surface area contributed by atoms with Gasteiger partial charge in [-0.15, -0.1) is 0 Å². The summed E-state index contributed by atoms with van der Waals surface area (Å²) in [7, 11) is 1.50. The van der Waals surface area contributed by atoms with Crippen LogP contribution in [0.3, 0.4) is 0 Å². The van der Waals surface area contributed by atoms with Crippen LogP contribution >= 0.6 is 11.6 Å². The Labute approximate surface area is 139 Å². The Morgan fingerprint density at radius 1 is 1.09 bits per heavy atom. The lowest BCUT2D eigenvalue weighted by Gasteiger charge is -2.32. The van der Waals surface area contributed by atoms with Gasteiger partial charge in [0.1, 0.15) is 0 Å². The maximum atomic E-state index is 12.0. The smallest absolute Gasteiger partial charge is 0.315 e. The molecule has 2 amide bonds. The van der Waals surface area contributed by atoms with Crippen molar-refractivity contribution in [2.75, 3.05) is 7.11 Å². The molecule has 2 atom stereocenters. The Hall–Kier alpha value is -2.40. The molecule has 3 N–H and O–H groups in total. The van der Waals surface area contributed by atoms with Gasteiger partial charge in [-0.1, -0.05) is 29.8 Å². The van der Waals surface area contributed by atoms with E-state index in [1.807, 2.05) is 24.3 Å². The van der Waals surface area contributed by atoms with Crippen LogP contribution in [0.15, 0.2) is 42.5 Å². The molecule has 2 unspecified atom stereocenters. The van der Waals surface area contributed by atoms with Gasteiger partial charge in [0.2, 0.25) is 0 Å². The number of phenols is 1. The van der Waals surface area contributed by atoms with E-state index in [0.29, 0.717) is 17.2 Å². The van der Waals surface area contributed by atoms with Crippen molar-refractivity contribution >= 4 is 17.6 Å². The van der Waals surface area contributed by atoms with Crippen molar-refractivity contribution in [3.63, 3.8) is 0 Å². The van der Waals surface area contributed by atoms with Gasteiger partial charge in [0, 0.05) is 5.02 Å². The third-order valence-electron chi connectivity index (χ3n) is 3.96. The molecule has 0 aliphatic carbocycles. The number of carbonyl (C=O) groups excluding carboxylic acids is 1. The summed E-state index contributed by atoms with van der Waals surface area (Å²) >= 11 is 5.91. The number of nitrogens with one attached hydrogen (secondary N) is 2. The van der Waals surface area contributed by atoms with Crippen molar-refractivity contribution in [2.45, 2.75) is 18.5 Å². The fourth-order valence-electron chi connectivity index (χ4n) is 2.76. The van der Waals surface area contributed by atoms with Crippen LogP contribution in [0.25, 0.3) is 0 Å². The minimum absolute atomic E-state index is 0.0748. The quantitative estimate of drug-likeness (QED) is 0.805. The minimum atomic E-state index is -0.228. The van der Waals surface area contributed by atoms with E-state index in [1.165, 1.54) is 7.11 Å². The van der Waals surface area contributed by atoms with Crippen LogP contribution in [-0.4, -0.2) is 18.2 Å². The van der Waals surface area contributed by atoms with Crippen molar-refractivity contribution in [3.05, 3.63) is 58.6 Å². The Bertz CT molecular complexity index is 718. The third-order valence-corrected chi connectivity index (χ3v) is 4.21. The summed E-state index contributed by atoms with van der Waals surface area (Å²) in [4.78, 5) is 12.0. The number of phenolic OH excluding ortho intramolecular Hbond substituents is 1. The first-order valence-corrected chi connectivity index (χ1v) is 7.64. The molecule has 0 spiro atoms. The SMILES string of the molecule is COc1cc(C2CC(c3ccc(Cl)cc3)NC(=O)N2)ccc1O. The number of rotatable bonds is 3. The monoisotopic (exact) mass is 332 g/mol. The molecule has 1 heterocycles. The van der Waals surface area contributed by atoms with Crippen LogP contribution in [0.1, 0.15) is 29.6 Å². The summed E-state index contributed by atoms with van der Waals surface area (Å²) in [6, 6.07) is 12.0. The zero-order valence-electron chi connectivity index (χ0n) is 12.5. The van der Waals surface area contributed by atoms with Crippen LogP contribution in [0.5, 0.6) is 11.5 Å². The molecular weight excluding hydrogens is 316 g/mol. The number of aromatic hydroxyl groups is 1. The number of ether oxygens (including phenoxy) is 1. The van der Waals surface area contributed by atoms with Crippen LogP contribution in [-0.2, 0) is 0 Å². The standard InChI is InChI=1S/C17H17ClN2O3/c1-23-16-8-11(4-7-15(16)21)14-9-13(19-17(22)20-14)10-2-5-12(18)6-3-10/h2-8,13-14,21H,9H2,1H3,(H2,19,20,22). The molecular formula is C17H17ClN2O3. The van der Waals surface area contributed by atoms with Gasteiger partial charge < -0.3 is 20.5 Å². The number of benzene rings is 2.